The van der Waals surface area contributed by atoms with Crippen molar-refractivity contribution in [2.45, 2.75) is 32.2 Å². The Bertz CT molecular complexity index is 970. The van der Waals surface area contributed by atoms with Gasteiger partial charge in [-0.2, -0.15) is 0 Å². The highest BCUT2D eigenvalue weighted by molar-refractivity contribution is 9.10. The standard InChI is InChI=1S/C19H19BrN4O3S/c1-10-15(11-3-7-13(20)8-4-11)22-17(28-10)21-14(25)9-24-16(26)19(2,12-5-6-12)23-18(24)27/h3-4,7-8,12H,5-6,9H2,1-2H3,(H,23,27)(H,21,22,25). The van der Waals surface area contributed by atoms with Gasteiger partial charge in [0, 0.05) is 14.9 Å². The van der Waals surface area contributed by atoms with Crippen molar-refractivity contribution in [1.29, 1.82) is 0 Å². The van der Waals surface area contributed by atoms with Crippen LogP contribution in [0.2, 0.25) is 0 Å². The Morgan fingerprint density at radius 2 is 2.04 bits per heavy atom. The van der Waals surface area contributed by atoms with Crippen molar-refractivity contribution in [2.75, 3.05) is 11.9 Å². The van der Waals surface area contributed by atoms with Crippen molar-refractivity contribution in [3.63, 3.8) is 0 Å². The number of rotatable bonds is 5. The molecule has 1 saturated carbocycles. The highest BCUT2D eigenvalue weighted by Gasteiger charge is 2.56. The van der Waals surface area contributed by atoms with E-state index in [1.807, 2.05) is 31.2 Å². The summed E-state index contributed by atoms with van der Waals surface area (Å²) in [4.78, 5) is 43.7. The fourth-order valence-corrected chi connectivity index (χ4v) is 4.54. The van der Waals surface area contributed by atoms with Crippen LogP contribution in [0.25, 0.3) is 11.3 Å². The van der Waals surface area contributed by atoms with E-state index in [2.05, 4.69) is 31.5 Å². The number of halogens is 1. The number of amides is 4. The third kappa shape index (κ3) is 3.44. The fraction of sp³-hybridized carbons (Fsp3) is 0.368. The van der Waals surface area contributed by atoms with Crippen molar-refractivity contribution in [1.82, 2.24) is 15.2 Å². The third-order valence-corrected chi connectivity index (χ3v) is 6.57. The normalized spacial score (nSPS) is 21.8. The molecule has 7 nitrogen and oxygen atoms in total. The monoisotopic (exact) mass is 462 g/mol. The maximum absolute atomic E-state index is 12.6. The topological polar surface area (TPSA) is 91.4 Å². The summed E-state index contributed by atoms with van der Waals surface area (Å²) in [6.07, 6.45) is 1.83. The summed E-state index contributed by atoms with van der Waals surface area (Å²) in [5.41, 5.74) is 0.861. The Morgan fingerprint density at radius 3 is 2.68 bits per heavy atom. The molecule has 4 amide bonds. The summed E-state index contributed by atoms with van der Waals surface area (Å²) in [7, 11) is 0. The molecule has 2 fully saturated rings. The predicted molar refractivity (Wildman–Crippen MR) is 110 cm³/mol. The number of hydrogen-bond donors (Lipinski definition) is 2. The van der Waals surface area contributed by atoms with Gasteiger partial charge >= 0.3 is 6.03 Å². The average Bonchev–Trinajstić information content (AvgIpc) is 3.40. The first-order chi connectivity index (χ1) is 13.3. The second-order valence-corrected chi connectivity index (χ2v) is 9.40. The molecule has 0 radical (unpaired) electrons. The van der Waals surface area contributed by atoms with Crippen LogP contribution in [0, 0.1) is 12.8 Å². The zero-order valence-electron chi connectivity index (χ0n) is 15.4. The molecule has 9 heteroatoms. The molecule has 1 saturated heterocycles. The van der Waals surface area contributed by atoms with E-state index in [0.717, 1.165) is 38.3 Å². The summed E-state index contributed by atoms with van der Waals surface area (Å²) in [6.45, 7) is 3.35. The minimum absolute atomic E-state index is 0.159. The van der Waals surface area contributed by atoms with Gasteiger partial charge in [-0.3, -0.25) is 14.5 Å². The summed E-state index contributed by atoms with van der Waals surface area (Å²) in [6, 6.07) is 7.25. The second-order valence-electron chi connectivity index (χ2n) is 7.28. The molecular formula is C19H19BrN4O3S. The SMILES string of the molecule is Cc1sc(NC(=O)CN2C(=O)NC(C)(C3CC3)C2=O)nc1-c1ccc(Br)cc1. The van der Waals surface area contributed by atoms with Crippen LogP contribution in [0.4, 0.5) is 9.93 Å². The molecule has 1 aromatic carbocycles. The molecule has 1 aliphatic heterocycles. The number of carbonyl (C=O) groups is 3. The van der Waals surface area contributed by atoms with Crippen LogP contribution in [-0.2, 0) is 9.59 Å². The maximum atomic E-state index is 12.6. The van der Waals surface area contributed by atoms with E-state index in [4.69, 9.17) is 0 Å². The van der Waals surface area contributed by atoms with Crippen LogP contribution in [0.1, 0.15) is 24.6 Å². The second kappa shape index (κ2) is 6.97. The van der Waals surface area contributed by atoms with E-state index in [-0.39, 0.29) is 18.4 Å². The fourth-order valence-electron chi connectivity index (χ4n) is 3.42. The van der Waals surface area contributed by atoms with Crippen molar-refractivity contribution >= 4 is 50.2 Å². The van der Waals surface area contributed by atoms with Crippen molar-refractivity contribution < 1.29 is 14.4 Å². The molecule has 1 unspecified atom stereocenters. The lowest BCUT2D eigenvalue weighted by atomic mass is 9.96. The minimum atomic E-state index is -0.885. The molecule has 1 aliphatic carbocycles. The molecule has 4 rings (SSSR count). The molecule has 2 heterocycles. The van der Waals surface area contributed by atoms with Crippen LogP contribution < -0.4 is 10.6 Å². The molecular weight excluding hydrogens is 444 g/mol. The van der Waals surface area contributed by atoms with Gasteiger partial charge in [0.05, 0.1) is 5.69 Å². The van der Waals surface area contributed by atoms with Gasteiger partial charge in [0.2, 0.25) is 5.91 Å². The number of carbonyl (C=O) groups excluding carboxylic acids is 3. The minimum Gasteiger partial charge on any atom is -0.323 e. The highest BCUT2D eigenvalue weighted by atomic mass is 79.9. The van der Waals surface area contributed by atoms with Crippen molar-refractivity contribution in [3.05, 3.63) is 33.6 Å². The van der Waals surface area contributed by atoms with Gasteiger partial charge in [0.1, 0.15) is 12.1 Å². The Hall–Kier alpha value is -2.26. The van der Waals surface area contributed by atoms with Gasteiger partial charge in [-0.25, -0.2) is 9.78 Å². The van der Waals surface area contributed by atoms with Crippen LogP contribution >= 0.6 is 27.3 Å². The van der Waals surface area contributed by atoms with E-state index in [1.54, 1.807) is 6.92 Å². The largest absolute Gasteiger partial charge is 0.325 e. The molecule has 2 aromatic rings. The number of aryl methyl sites for hydroxylation is 1. The first kappa shape index (κ1) is 19.1. The lowest BCUT2D eigenvalue weighted by Gasteiger charge is -2.20. The van der Waals surface area contributed by atoms with E-state index in [1.165, 1.54) is 11.3 Å². The zero-order chi connectivity index (χ0) is 20.1. The van der Waals surface area contributed by atoms with Gasteiger partial charge in [-0.1, -0.05) is 28.1 Å². The number of hydrogen-bond acceptors (Lipinski definition) is 5. The Morgan fingerprint density at radius 1 is 1.36 bits per heavy atom. The summed E-state index contributed by atoms with van der Waals surface area (Å²) >= 11 is 4.76. The number of imide groups is 1. The van der Waals surface area contributed by atoms with Crippen molar-refractivity contribution in [3.8, 4) is 11.3 Å². The number of aromatic nitrogens is 1. The Labute approximate surface area is 174 Å². The number of urea groups is 1. The lowest BCUT2D eigenvalue weighted by Crippen LogP contribution is -2.46. The van der Waals surface area contributed by atoms with Crippen molar-refractivity contribution in [2.24, 2.45) is 5.92 Å². The molecule has 2 aliphatic rings. The van der Waals surface area contributed by atoms with E-state index in [9.17, 15) is 14.4 Å². The quantitative estimate of drug-likeness (QED) is 0.664. The first-order valence-corrected chi connectivity index (χ1v) is 10.6. The highest BCUT2D eigenvalue weighted by Crippen LogP contribution is 2.42. The zero-order valence-corrected chi connectivity index (χ0v) is 17.8. The average molecular weight is 463 g/mol. The third-order valence-electron chi connectivity index (χ3n) is 5.16. The number of thiazole rings is 1. The Balaban J connectivity index is 1.44. The summed E-state index contributed by atoms with van der Waals surface area (Å²) in [5, 5.41) is 5.89. The summed E-state index contributed by atoms with van der Waals surface area (Å²) in [5.74, 6) is -0.618. The summed E-state index contributed by atoms with van der Waals surface area (Å²) < 4.78 is 0.976. The van der Waals surface area contributed by atoms with Gasteiger partial charge in [0.25, 0.3) is 5.91 Å². The number of benzene rings is 1. The lowest BCUT2D eigenvalue weighted by molar-refractivity contribution is -0.134. The van der Waals surface area contributed by atoms with Gasteiger partial charge < -0.3 is 10.6 Å². The van der Waals surface area contributed by atoms with Gasteiger partial charge in [-0.15, -0.1) is 11.3 Å². The van der Waals surface area contributed by atoms with E-state index < -0.39 is 17.5 Å². The maximum Gasteiger partial charge on any atom is 0.325 e. The molecule has 0 spiro atoms. The molecule has 28 heavy (non-hydrogen) atoms. The van der Waals surface area contributed by atoms with Crippen LogP contribution in [-0.4, -0.2) is 39.8 Å². The molecule has 146 valence electrons. The molecule has 2 N–H and O–H groups in total. The number of anilines is 1. The van der Waals surface area contributed by atoms with E-state index >= 15 is 0 Å². The van der Waals surface area contributed by atoms with Crippen LogP contribution in [0.15, 0.2) is 28.7 Å². The first-order valence-electron chi connectivity index (χ1n) is 8.95. The number of nitrogens with zero attached hydrogens (tertiary/aromatic N) is 2. The smallest absolute Gasteiger partial charge is 0.323 e. The van der Waals surface area contributed by atoms with Gasteiger partial charge in [0.15, 0.2) is 5.13 Å². The Kier molecular flexibility index (Phi) is 4.75. The molecule has 1 aromatic heterocycles. The number of nitrogens with one attached hydrogen (secondary N) is 2. The van der Waals surface area contributed by atoms with E-state index in [0.29, 0.717) is 5.13 Å². The molecule has 1 atom stereocenters. The van der Waals surface area contributed by atoms with Crippen LogP contribution in [0.5, 0.6) is 0 Å². The predicted octanol–water partition coefficient (Wildman–Crippen LogP) is 3.54. The van der Waals surface area contributed by atoms with Gasteiger partial charge in [-0.05, 0) is 44.7 Å². The van der Waals surface area contributed by atoms with Crippen LogP contribution in [0.3, 0.4) is 0 Å². The molecule has 0 bridgehead atoms.